The van der Waals surface area contributed by atoms with Crippen LogP contribution in [0.3, 0.4) is 0 Å². The molecule has 1 aromatic carbocycles. The van der Waals surface area contributed by atoms with Gasteiger partial charge in [0.25, 0.3) is 5.91 Å². The van der Waals surface area contributed by atoms with Crippen molar-refractivity contribution in [2.24, 2.45) is 5.92 Å². The Labute approximate surface area is 184 Å². The zero-order valence-corrected chi connectivity index (χ0v) is 18.1. The average Bonchev–Trinajstić information content (AvgIpc) is 3.25. The van der Waals surface area contributed by atoms with Crippen LogP contribution in [-0.4, -0.2) is 46.5 Å². The van der Waals surface area contributed by atoms with E-state index in [0.717, 1.165) is 12.1 Å². The molecule has 174 valence electrons. The molecule has 1 aliphatic heterocycles. The molecule has 2 heterocycles. The zero-order valence-electron chi connectivity index (χ0n) is 18.1. The molecule has 1 aliphatic rings. The molecule has 0 spiro atoms. The third-order valence-electron chi connectivity index (χ3n) is 5.48. The molecule has 0 saturated carbocycles. The van der Waals surface area contributed by atoms with Gasteiger partial charge in [-0.3, -0.25) is 9.59 Å². The maximum Gasteiger partial charge on any atom is 0.416 e. The highest BCUT2D eigenvalue weighted by Gasteiger charge is 2.31. The lowest BCUT2D eigenvalue weighted by molar-refractivity contribution is -0.137. The van der Waals surface area contributed by atoms with E-state index in [1.807, 2.05) is 13.8 Å². The Hall–Kier alpha value is -2.91. The van der Waals surface area contributed by atoms with E-state index in [0.29, 0.717) is 57.0 Å². The van der Waals surface area contributed by atoms with Crippen molar-refractivity contribution in [3.63, 3.8) is 0 Å². The van der Waals surface area contributed by atoms with Gasteiger partial charge in [-0.15, -0.1) is 0 Å². The van der Waals surface area contributed by atoms with Crippen LogP contribution >= 0.6 is 0 Å². The molecule has 0 atom stereocenters. The zero-order chi connectivity index (χ0) is 23.3. The number of amides is 2. The summed E-state index contributed by atoms with van der Waals surface area (Å²) >= 11 is 0. The highest BCUT2D eigenvalue weighted by atomic mass is 19.4. The number of benzene rings is 1. The number of alkyl halides is 3. The predicted molar refractivity (Wildman–Crippen MR) is 110 cm³/mol. The van der Waals surface area contributed by atoms with Crippen LogP contribution in [0.25, 0.3) is 0 Å². The minimum Gasteiger partial charge on any atom is -0.356 e. The summed E-state index contributed by atoms with van der Waals surface area (Å²) in [5.41, 5.74) is -0.577. The Bertz CT molecular complexity index is 917. The molecule has 1 N–H and O–H groups in total. The molecule has 0 radical (unpaired) electrons. The van der Waals surface area contributed by atoms with Crippen LogP contribution in [-0.2, 0) is 17.4 Å². The van der Waals surface area contributed by atoms with Crippen molar-refractivity contribution in [3.8, 4) is 0 Å². The first-order valence-electron chi connectivity index (χ1n) is 10.7. The summed E-state index contributed by atoms with van der Waals surface area (Å²) in [5, 5.41) is 6.82. The largest absolute Gasteiger partial charge is 0.416 e. The van der Waals surface area contributed by atoms with E-state index in [2.05, 4.69) is 15.5 Å². The summed E-state index contributed by atoms with van der Waals surface area (Å²) in [6.07, 6.45) is -2.15. The first-order valence-corrected chi connectivity index (χ1v) is 10.7. The Morgan fingerprint density at radius 3 is 2.41 bits per heavy atom. The van der Waals surface area contributed by atoms with Gasteiger partial charge in [-0.25, -0.2) is 0 Å². The normalized spacial score (nSPS) is 15.2. The van der Waals surface area contributed by atoms with E-state index in [9.17, 15) is 22.8 Å². The maximum atomic E-state index is 12.7. The molecule has 0 aliphatic carbocycles. The molecule has 32 heavy (non-hydrogen) atoms. The number of likely N-dealkylation sites (tertiary alicyclic amines) is 1. The summed E-state index contributed by atoms with van der Waals surface area (Å²) in [7, 11) is 0. The van der Waals surface area contributed by atoms with Crippen molar-refractivity contribution in [3.05, 3.63) is 47.1 Å². The van der Waals surface area contributed by atoms with E-state index in [1.165, 1.54) is 12.1 Å². The minimum atomic E-state index is -4.43. The van der Waals surface area contributed by atoms with Crippen LogP contribution < -0.4 is 5.32 Å². The third-order valence-corrected chi connectivity index (χ3v) is 5.48. The summed E-state index contributed by atoms with van der Waals surface area (Å²) in [5.74, 6) is 0.851. The van der Waals surface area contributed by atoms with Gasteiger partial charge in [0.15, 0.2) is 5.82 Å². The number of halogens is 3. The van der Waals surface area contributed by atoms with Crippen molar-refractivity contribution in [1.29, 1.82) is 0 Å². The molecular formula is C22H27F3N4O3. The number of carbonyl (C=O) groups is 2. The number of carbonyl (C=O) groups excluding carboxylic acids is 2. The monoisotopic (exact) mass is 452 g/mol. The molecule has 1 saturated heterocycles. The van der Waals surface area contributed by atoms with Gasteiger partial charge in [0.05, 0.1) is 5.56 Å². The van der Waals surface area contributed by atoms with E-state index in [-0.39, 0.29) is 29.2 Å². The SMILES string of the molecule is CC(C)c1noc(CCCNC(=O)C2CCN(C(=O)c3ccc(C(F)(F)F)cc3)CC2)n1. The average molecular weight is 452 g/mol. The third kappa shape index (κ3) is 6.08. The van der Waals surface area contributed by atoms with Crippen LogP contribution in [0.4, 0.5) is 13.2 Å². The fourth-order valence-corrected chi connectivity index (χ4v) is 3.53. The first kappa shape index (κ1) is 23.7. The predicted octanol–water partition coefficient (Wildman–Crippen LogP) is 3.81. The van der Waals surface area contributed by atoms with E-state index < -0.39 is 11.7 Å². The number of piperidine rings is 1. The lowest BCUT2D eigenvalue weighted by atomic mass is 9.95. The Balaban J connectivity index is 1.39. The van der Waals surface area contributed by atoms with Crippen LogP contribution in [0.1, 0.15) is 66.7 Å². The van der Waals surface area contributed by atoms with Crippen molar-refractivity contribution in [2.75, 3.05) is 19.6 Å². The first-order chi connectivity index (χ1) is 15.1. The van der Waals surface area contributed by atoms with E-state index >= 15 is 0 Å². The second-order valence-electron chi connectivity index (χ2n) is 8.24. The van der Waals surface area contributed by atoms with Crippen molar-refractivity contribution in [2.45, 2.75) is 51.6 Å². The Morgan fingerprint density at radius 1 is 1.19 bits per heavy atom. The number of nitrogens with one attached hydrogen (secondary N) is 1. The number of hydrogen-bond donors (Lipinski definition) is 1. The van der Waals surface area contributed by atoms with E-state index in [1.54, 1.807) is 4.90 Å². The summed E-state index contributed by atoms with van der Waals surface area (Å²) in [4.78, 5) is 30.8. The van der Waals surface area contributed by atoms with Gasteiger partial charge in [-0.2, -0.15) is 18.2 Å². The van der Waals surface area contributed by atoms with Gasteiger partial charge in [0.1, 0.15) is 0 Å². The highest BCUT2D eigenvalue weighted by molar-refractivity contribution is 5.94. The smallest absolute Gasteiger partial charge is 0.356 e. The van der Waals surface area contributed by atoms with Crippen LogP contribution in [0, 0.1) is 5.92 Å². The summed E-state index contributed by atoms with van der Waals surface area (Å²) < 4.78 is 43.2. The van der Waals surface area contributed by atoms with Gasteiger partial charge in [0.2, 0.25) is 11.8 Å². The van der Waals surface area contributed by atoms with Gasteiger partial charge < -0.3 is 14.7 Å². The number of nitrogens with zero attached hydrogens (tertiary/aromatic N) is 3. The number of rotatable bonds is 7. The Morgan fingerprint density at radius 2 is 1.84 bits per heavy atom. The number of hydrogen-bond acceptors (Lipinski definition) is 5. The fourth-order valence-electron chi connectivity index (χ4n) is 3.53. The van der Waals surface area contributed by atoms with Crippen molar-refractivity contribution in [1.82, 2.24) is 20.4 Å². The number of aromatic nitrogens is 2. The topological polar surface area (TPSA) is 88.3 Å². The molecular weight excluding hydrogens is 425 g/mol. The van der Waals surface area contributed by atoms with Gasteiger partial charge in [-0.1, -0.05) is 19.0 Å². The molecule has 7 nitrogen and oxygen atoms in total. The van der Waals surface area contributed by atoms with Gasteiger partial charge in [0, 0.05) is 43.5 Å². The lowest BCUT2D eigenvalue weighted by Gasteiger charge is -2.31. The van der Waals surface area contributed by atoms with Crippen LogP contribution in [0.2, 0.25) is 0 Å². The quantitative estimate of drug-likeness (QED) is 0.646. The summed E-state index contributed by atoms with van der Waals surface area (Å²) in [6.45, 7) is 5.23. The molecule has 2 aromatic rings. The van der Waals surface area contributed by atoms with Gasteiger partial charge in [-0.05, 0) is 43.5 Å². The Kier molecular flexibility index (Phi) is 7.52. The second kappa shape index (κ2) is 10.1. The van der Waals surface area contributed by atoms with E-state index in [4.69, 9.17) is 4.52 Å². The maximum absolute atomic E-state index is 12.7. The lowest BCUT2D eigenvalue weighted by Crippen LogP contribution is -2.43. The standard InChI is InChI=1S/C22H27F3N4O3/c1-14(2)19-27-18(32-28-19)4-3-11-26-20(30)15-9-12-29(13-10-15)21(31)16-5-7-17(8-6-16)22(23,24)25/h5-8,14-15H,3-4,9-13H2,1-2H3,(H,26,30). The van der Waals surface area contributed by atoms with Crippen LogP contribution in [0.15, 0.2) is 28.8 Å². The molecule has 0 bridgehead atoms. The van der Waals surface area contributed by atoms with Gasteiger partial charge >= 0.3 is 6.18 Å². The number of aryl methyl sites for hydroxylation is 1. The van der Waals surface area contributed by atoms with Crippen LogP contribution in [0.5, 0.6) is 0 Å². The minimum absolute atomic E-state index is 0.0555. The molecule has 1 fully saturated rings. The summed E-state index contributed by atoms with van der Waals surface area (Å²) in [6, 6.07) is 4.20. The van der Waals surface area contributed by atoms with Crippen molar-refractivity contribution < 1.29 is 27.3 Å². The molecule has 1 aromatic heterocycles. The molecule has 10 heteroatoms. The van der Waals surface area contributed by atoms with Crippen molar-refractivity contribution >= 4 is 11.8 Å². The highest BCUT2D eigenvalue weighted by Crippen LogP contribution is 2.29. The molecule has 3 rings (SSSR count). The molecule has 0 unspecified atom stereocenters. The second-order valence-corrected chi connectivity index (χ2v) is 8.24. The fraction of sp³-hybridized carbons (Fsp3) is 0.545. The molecule has 2 amide bonds.